The number of isocyanates is 1. The van der Waals surface area contributed by atoms with Gasteiger partial charge < -0.3 is 0 Å². The van der Waals surface area contributed by atoms with Crippen molar-refractivity contribution in [3.8, 4) is 0 Å². The normalized spacial score (nSPS) is 9.92. The van der Waals surface area contributed by atoms with Crippen molar-refractivity contribution in [3.05, 3.63) is 22.8 Å². The van der Waals surface area contributed by atoms with E-state index >= 15 is 0 Å². The second-order valence-electron chi connectivity index (χ2n) is 2.46. The summed E-state index contributed by atoms with van der Waals surface area (Å²) >= 11 is 3.29. The van der Waals surface area contributed by atoms with Gasteiger partial charge in [-0.3, -0.25) is 5.10 Å². The molecule has 1 aromatic carbocycles. The van der Waals surface area contributed by atoms with Gasteiger partial charge in [0.2, 0.25) is 6.08 Å². The summed E-state index contributed by atoms with van der Waals surface area (Å²) in [6.07, 6.45) is 3.20. The third-order valence-electron chi connectivity index (χ3n) is 1.67. The van der Waals surface area contributed by atoms with Crippen LogP contribution in [0.25, 0.3) is 10.9 Å². The van der Waals surface area contributed by atoms with E-state index in [0.717, 1.165) is 15.4 Å². The van der Waals surface area contributed by atoms with E-state index in [4.69, 9.17) is 0 Å². The Hall–Kier alpha value is -1.45. The van der Waals surface area contributed by atoms with Gasteiger partial charge in [0.25, 0.3) is 0 Å². The maximum atomic E-state index is 10.1. The number of halogens is 1. The predicted molar refractivity (Wildman–Crippen MR) is 51.6 cm³/mol. The van der Waals surface area contributed by atoms with Crippen molar-refractivity contribution >= 4 is 38.6 Å². The zero-order valence-corrected chi connectivity index (χ0v) is 8.00. The lowest BCUT2D eigenvalue weighted by Crippen LogP contribution is -1.71. The van der Waals surface area contributed by atoms with E-state index in [-0.39, 0.29) is 0 Å². The minimum Gasteiger partial charge on any atom is -0.278 e. The number of aromatic nitrogens is 2. The molecule has 1 N–H and O–H groups in total. The molecule has 0 saturated heterocycles. The molecule has 0 radical (unpaired) electrons. The number of nitrogens with zero attached hydrogens (tertiary/aromatic N) is 2. The molecule has 0 fully saturated rings. The molecule has 0 spiro atoms. The molecule has 0 atom stereocenters. The molecule has 0 amide bonds. The first-order valence-corrected chi connectivity index (χ1v) is 4.31. The lowest BCUT2D eigenvalue weighted by molar-refractivity contribution is 0.565. The van der Waals surface area contributed by atoms with Gasteiger partial charge in [-0.15, -0.1) is 0 Å². The molecule has 64 valence electrons. The quantitative estimate of drug-likeness (QED) is 0.612. The fourth-order valence-electron chi connectivity index (χ4n) is 1.09. The Balaban J connectivity index is 2.75. The van der Waals surface area contributed by atoms with Gasteiger partial charge in [0.15, 0.2) is 0 Å². The molecule has 0 saturated carbocycles. The molecule has 1 heterocycles. The van der Waals surface area contributed by atoms with E-state index in [1.807, 2.05) is 6.07 Å². The third-order valence-corrected chi connectivity index (χ3v) is 2.31. The van der Waals surface area contributed by atoms with E-state index in [1.54, 1.807) is 12.3 Å². The molecule has 0 aliphatic rings. The van der Waals surface area contributed by atoms with Crippen LogP contribution in [-0.4, -0.2) is 16.3 Å². The molecule has 5 heteroatoms. The Morgan fingerprint density at radius 3 is 3.15 bits per heavy atom. The van der Waals surface area contributed by atoms with Gasteiger partial charge in [-0.05, 0) is 28.1 Å². The van der Waals surface area contributed by atoms with Crippen LogP contribution in [0.4, 0.5) is 5.69 Å². The molecule has 1 aromatic heterocycles. The Morgan fingerprint density at radius 1 is 1.54 bits per heavy atom. The smallest absolute Gasteiger partial charge is 0.240 e. The van der Waals surface area contributed by atoms with Crippen molar-refractivity contribution in [1.29, 1.82) is 0 Å². The highest BCUT2D eigenvalue weighted by Crippen LogP contribution is 2.29. The van der Waals surface area contributed by atoms with Crippen LogP contribution in [0.1, 0.15) is 0 Å². The number of aliphatic imine (C=N–C) groups is 1. The van der Waals surface area contributed by atoms with Crippen LogP contribution >= 0.6 is 15.9 Å². The fraction of sp³-hybridized carbons (Fsp3) is 0. The number of hydrogen-bond acceptors (Lipinski definition) is 3. The van der Waals surface area contributed by atoms with Crippen molar-refractivity contribution in [2.24, 2.45) is 4.99 Å². The van der Waals surface area contributed by atoms with E-state index in [9.17, 15) is 4.79 Å². The summed E-state index contributed by atoms with van der Waals surface area (Å²) in [5.41, 5.74) is 1.39. The van der Waals surface area contributed by atoms with Crippen LogP contribution in [-0.2, 0) is 4.79 Å². The summed E-state index contributed by atoms with van der Waals surface area (Å²) in [6, 6.07) is 3.58. The van der Waals surface area contributed by atoms with Gasteiger partial charge in [-0.1, -0.05) is 0 Å². The van der Waals surface area contributed by atoms with Gasteiger partial charge in [0, 0.05) is 9.86 Å². The van der Waals surface area contributed by atoms with Gasteiger partial charge in [-0.25, -0.2) is 4.79 Å². The molecule has 0 aliphatic carbocycles. The predicted octanol–water partition coefficient (Wildman–Crippen LogP) is 2.29. The van der Waals surface area contributed by atoms with Gasteiger partial charge in [0.1, 0.15) is 0 Å². The Bertz CT molecular complexity index is 499. The monoisotopic (exact) mass is 237 g/mol. The van der Waals surface area contributed by atoms with Crippen LogP contribution in [0, 0.1) is 0 Å². The first kappa shape index (κ1) is 8.16. The van der Waals surface area contributed by atoms with Crippen LogP contribution in [0.5, 0.6) is 0 Å². The Labute approximate surface area is 81.8 Å². The molecule has 0 bridgehead atoms. The van der Waals surface area contributed by atoms with Crippen molar-refractivity contribution < 1.29 is 4.79 Å². The maximum absolute atomic E-state index is 10.1. The Kier molecular flexibility index (Phi) is 1.96. The summed E-state index contributed by atoms with van der Waals surface area (Å²) in [7, 11) is 0. The van der Waals surface area contributed by atoms with Crippen molar-refractivity contribution in [2.75, 3.05) is 0 Å². The summed E-state index contributed by atoms with van der Waals surface area (Å²) in [4.78, 5) is 13.6. The number of H-pyrrole nitrogens is 1. The van der Waals surface area contributed by atoms with E-state index in [1.165, 1.54) is 6.08 Å². The number of rotatable bonds is 1. The number of hydrogen-bond donors (Lipinski definition) is 1. The van der Waals surface area contributed by atoms with Crippen LogP contribution in [0.2, 0.25) is 0 Å². The average molecular weight is 238 g/mol. The van der Waals surface area contributed by atoms with Gasteiger partial charge >= 0.3 is 0 Å². The number of nitrogens with one attached hydrogen (secondary N) is 1. The summed E-state index contributed by atoms with van der Waals surface area (Å²) < 4.78 is 0.754. The lowest BCUT2D eigenvalue weighted by atomic mass is 10.2. The number of aromatic amines is 1. The highest BCUT2D eigenvalue weighted by molar-refractivity contribution is 9.10. The fourth-order valence-corrected chi connectivity index (χ4v) is 1.54. The van der Waals surface area contributed by atoms with E-state index in [2.05, 4.69) is 31.1 Å². The number of carbonyl (C=O) groups excluding carboxylic acids is 1. The van der Waals surface area contributed by atoms with E-state index < -0.39 is 0 Å². The highest BCUT2D eigenvalue weighted by Gasteiger charge is 2.02. The van der Waals surface area contributed by atoms with Crippen LogP contribution < -0.4 is 0 Å². The second kappa shape index (κ2) is 3.12. The first-order chi connectivity index (χ1) is 6.31. The lowest BCUT2D eigenvalue weighted by Gasteiger charge is -1.95. The van der Waals surface area contributed by atoms with Crippen molar-refractivity contribution in [3.63, 3.8) is 0 Å². The minimum absolute atomic E-state index is 0.548. The molecular weight excluding hydrogens is 234 g/mol. The van der Waals surface area contributed by atoms with Crippen molar-refractivity contribution in [1.82, 2.24) is 10.2 Å². The molecule has 0 unspecified atom stereocenters. The highest BCUT2D eigenvalue weighted by atomic mass is 79.9. The number of benzene rings is 1. The summed E-state index contributed by atoms with van der Waals surface area (Å²) in [6.45, 7) is 0. The first-order valence-electron chi connectivity index (χ1n) is 3.52. The van der Waals surface area contributed by atoms with E-state index in [0.29, 0.717) is 5.69 Å². The second-order valence-corrected chi connectivity index (χ2v) is 3.32. The molecule has 4 nitrogen and oxygen atoms in total. The molecule has 2 rings (SSSR count). The Morgan fingerprint density at radius 2 is 2.38 bits per heavy atom. The molecular formula is C8H4BrN3O. The van der Waals surface area contributed by atoms with Crippen molar-refractivity contribution in [2.45, 2.75) is 0 Å². The largest absolute Gasteiger partial charge is 0.278 e. The SMILES string of the molecule is O=C=Nc1cc2[nH]ncc2cc1Br. The summed E-state index contributed by atoms with van der Waals surface area (Å²) in [5.74, 6) is 0. The summed E-state index contributed by atoms with van der Waals surface area (Å²) in [5, 5.41) is 7.61. The zero-order chi connectivity index (χ0) is 9.26. The zero-order valence-electron chi connectivity index (χ0n) is 6.41. The standard InChI is InChI=1S/C8H4BrN3O/c9-6-1-5-3-11-12-7(5)2-8(6)10-4-13/h1-3H,(H,11,12). The average Bonchev–Trinajstić information content (AvgIpc) is 2.52. The maximum Gasteiger partial charge on any atom is 0.240 e. The molecule has 13 heavy (non-hydrogen) atoms. The third kappa shape index (κ3) is 1.39. The van der Waals surface area contributed by atoms with Gasteiger partial charge in [0.05, 0.1) is 17.4 Å². The van der Waals surface area contributed by atoms with Gasteiger partial charge in [-0.2, -0.15) is 10.1 Å². The molecule has 0 aliphatic heterocycles. The number of fused-ring (bicyclic) bond motifs is 1. The molecule has 2 aromatic rings. The van der Waals surface area contributed by atoms with Crippen LogP contribution in [0.15, 0.2) is 27.8 Å². The minimum atomic E-state index is 0.548. The topological polar surface area (TPSA) is 58.1 Å². The van der Waals surface area contributed by atoms with Crippen LogP contribution in [0.3, 0.4) is 0 Å².